The first-order valence-electron chi connectivity index (χ1n) is 7.55. The molecule has 1 aromatic heterocycles. The summed E-state index contributed by atoms with van der Waals surface area (Å²) in [7, 11) is 0. The van der Waals surface area contributed by atoms with Gasteiger partial charge < -0.3 is 4.90 Å². The van der Waals surface area contributed by atoms with E-state index < -0.39 is 0 Å². The van der Waals surface area contributed by atoms with Crippen molar-refractivity contribution in [3.63, 3.8) is 0 Å². The van der Waals surface area contributed by atoms with Gasteiger partial charge in [0.15, 0.2) is 0 Å². The highest BCUT2D eigenvalue weighted by molar-refractivity contribution is 7.99. The van der Waals surface area contributed by atoms with Crippen LogP contribution in [0.2, 0.25) is 0 Å². The van der Waals surface area contributed by atoms with E-state index in [0.29, 0.717) is 0 Å². The van der Waals surface area contributed by atoms with Crippen molar-refractivity contribution in [1.82, 2.24) is 9.97 Å². The average molecular weight is 307 g/mol. The van der Waals surface area contributed by atoms with Crippen molar-refractivity contribution in [2.24, 2.45) is 0 Å². The maximum Gasteiger partial charge on any atom is 0.139 e. The first kappa shape index (κ1) is 13.6. The van der Waals surface area contributed by atoms with Gasteiger partial charge in [0.05, 0.1) is 5.52 Å². The van der Waals surface area contributed by atoms with Crippen LogP contribution in [0.25, 0.3) is 22.0 Å². The number of nitrogens with zero attached hydrogens (tertiary/aromatic N) is 3. The smallest absolute Gasteiger partial charge is 0.139 e. The molecule has 0 atom stereocenters. The molecule has 2 heterocycles. The first-order valence-corrected chi connectivity index (χ1v) is 8.70. The van der Waals surface area contributed by atoms with E-state index >= 15 is 0 Å². The van der Waals surface area contributed by atoms with Crippen LogP contribution in [0.15, 0.2) is 54.9 Å². The summed E-state index contributed by atoms with van der Waals surface area (Å²) in [5.74, 6) is 3.41. The Kier molecular flexibility index (Phi) is 3.69. The van der Waals surface area contributed by atoms with Gasteiger partial charge in [-0.2, -0.15) is 11.8 Å². The topological polar surface area (TPSA) is 29.0 Å². The minimum atomic E-state index is 1.02. The normalized spacial score (nSPS) is 15.2. The molecule has 0 N–H and O–H groups in total. The number of hydrogen-bond donors (Lipinski definition) is 0. The maximum absolute atomic E-state index is 4.57. The highest BCUT2D eigenvalue weighted by Gasteiger charge is 2.15. The number of hydrogen-bond acceptors (Lipinski definition) is 4. The molecular weight excluding hydrogens is 290 g/mol. The second-order valence-corrected chi connectivity index (χ2v) is 6.62. The molecule has 0 bridgehead atoms. The van der Waals surface area contributed by atoms with Crippen LogP contribution in [0.3, 0.4) is 0 Å². The molecule has 3 nitrogen and oxygen atoms in total. The highest BCUT2D eigenvalue weighted by Crippen LogP contribution is 2.29. The number of thioether (sulfide) groups is 1. The van der Waals surface area contributed by atoms with Crippen molar-refractivity contribution < 1.29 is 0 Å². The van der Waals surface area contributed by atoms with E-state index in [-0.39, 0.29) is 0 Å². The van der Waals surface area contributed by atoms with Gasteiger partial charge in [-0.1, -0.05) is 36.4 Å². The number of fused-ring (bicyclic) bond motifs is 1. The Morgan fingerprint density at radius 1 is 0.864 bits per heavy atom. The summed E-state index contributed by atoms with van der Waals surface area (Å²) in [5.41, 5.74) is 3.46. The van der Waals surface area contributed by atoms with Crippen LogP contribution in [0.4, 0.5) is 5.82 Å². The second kappa shape index (κ2) is 5.97. The fourth-order valence-corrected chi connectivity index (χ4v) is 3.78. The fraction of sp³-hybridized carbons (Fsp3) is 0.222. The summed E-state index contributed by atoms with van der Waals surface area (Å²) in [6, 6.07) is 16.9. The first-order chi connectivity index (χ1) is 10.9. The summed E-state index contributed by atoms with van der Waals surface area (Å²) < 4.78 is 0. The zero-order valence-electron chi connectivity index (χ0n) is 12.3. The fourth-order valence-electron chi connectivity index (χ4n) is 2.88. The van der Waals surface area contributed by atoms with Gasteiger partial charge in [-0.15, -0.1) is 0 Å². The molecule has 22 heavy (non-hydrogen) atoms. The van der Waals surface area contributed by atoms with Gasteiger partial charge >= 0.3 is 0 Å². The number of anilines is 1. The predicted molar refractivity (Wildman–Crippen MR) is 94.5 cm³/mol. The molecule has 0 aliphatic carbocycles. The molecule has 2 aromatic carbocycles. The quantitative estimate of drug-likeness (QED) is 0.719. The van der Waals surface area contributed by atoms with E-state index in [1.807, 2.05) is 17.8 Å². The third kappa shape index (κ3) is 2.55. The Morgan fingerprint density at radius 2 is 1.68 bits per heavy atom. The summed E-state index contributed by atoms with van der Waals surface area (Å²) in [4.78, 5) is 11.4. The third-order valence-corrected chi connectivity index (χ3v) is 4.97. The molecule has 0 radical (unpaired) electrons. The molecule has 1 aliphatic rings. The van der Waals surface area contributed by atoms with E-state index in [1.165, 1.54) is 22.6 Å². The SMILES string of the molecule is c1ccc(-c2ccc3ncnc(N4CCSCC4)c3c2)cc1. The minimum absolute atomic E-state index is 1.02. The zero-order chi connectivity index (χ0) is 14.8. The lowest BCUT2D eigenvalue weighted by Gasteiger charge is -2.28. The molecule has 0 saturated carbocycles. The third-order valence-electron chi connectivity index (χ3n) is 4.03. The molecule has 1 fully saturated rings. The standard InChI is InChI=1S/C18H17N3S/c1-2-4-14(5-3-1)15-6-7-17-16(12-15)18(20-13-19-17)21-8-10-22-11-9-21/h1-7,12-13H,8-11H2. The van der Waals surface area contributed by atoms with E-state index in [1.54, 1.807) is 6.33 Å². The van der Waals surface area contributed by atoms with Gasteiger partial charge in [0.1, 0.15) is 12.1 Å². The summed E-state index contributed by atoms with van der Waals surface area (Å²) in [6.45, 7) is 2.12. The lowest BCUT2D eigenvalue weighted by molar-refractivity contribution is 0.842. The summed E-state index contributed by atoms with van der Waals surface area (Å²) in [5, 5.41) is 1.15. The van der Waals surface area contributed by atoms with Gasteiger partial charge in [0.2, 0.25) is 0 Å². The van der Waals surface area contributed by atoms with Crippen LogP contribution in [0.1, 0.15) is 0 Å². The van der Waals surface area contributed by atoms with E-state index in [9.17, 15) is 0 Å². The molecule has 0 unspecified atom stereocenters. The van der Waals surface area contributed by atoms with Crippen LogP contribution in [0.5, 0.6) is 0 Å². The lowest BCUT2D eigenvalue weighted by Crippen LogP contribution is -2.33. The number of aromatic nitrogens is 2. The van der Waals surface area contributed by atoms with Crippen LogP contribution in [-0.2, 0) is 0 Å². The van der Waals surface area contributed by atoms with Crippen molar-refractivity contribution >= 4 is 28.5 Å². The number of rotatable bonds is 2. The maximum atomic E-state index is 4.57. The Hall–Kier alpha value is -2.07. The molecule has 0 spiro atoms. The van der Waals surface area contributed by atoms with Crippen molar-refractivity contribution in [1.29, 1.82) is 0 Å². The summed E-state index contributed by atoms with van der Waals surface area (Å²) in [6.07, 6.45) is 1.68. The average Bonchev–Trinajstić information content (AvgIpc) is 2.62. The molecule has 1 saturated heterocycles. The van der Waals surface area contributed by atoms with E-state index in [4.69, 9.17) is 0 Å². The van der Waals surface area contributed by atoms with Crippen molar-refractivity contribution in [3.05, 3.63) is 54.9 Å². The summed E-state index contributed by atoms with van der Waals surface area (Å²) >= 11 is 2.01. The molecule has 0 amide bonds. The van der Waals surface area contributed by atoms with Crippen LogP contribution >= 0.6 is 11.8 Å². The molecule has 3 aromatic rings. The van der Waals surface area contributed by atoms with Crippen LogP contribution in [0, 0.1) is 0 Å². The molecule has 4 heteroatoms. The minimum Gasteiger partial charge on any atom is -0.354 e. The highest BCUT2D eigenvalue weighted by atomic mass is 32.2. The molecule has 110 valence electrons. The van der Waals surface area contributed by atoms with Gasteiger partial charge in [-0.05, 0) is 23.3 Å². The lowest BCUT2D eigenvalue weighted by atomic mass is 10.0. The Balaban J connectivity index is 1.83. The Morgan fingerprint density at radius 3 is 2.50 bits per heavy atom. The Labute approximate surface area is 134 Å². The second-order valence-electron chi connectivity index (χ2n) is 5.39. The predicted octanol–water partition coefficient (Wildman–Crippen LogP) is 3.85. The van der Waals surface area contributed by atoms with Crippen LogP contribution in [-0.4, -0.2) is 34.6 Å². The monoisotopic (exact) mass is 307 g/mol. The molecular formula is C18H17N3S. The van der Waals surface area contributed by atoms with Crippen molar-refractivity contribution in [3.8, 4) is 11.1 Å². The van der Waals surface area contributed by atoms with E-state index in [0.717, 1.165) is 29.8 Å². The van der Waals surface area contributed by atoms with Gasteiger partial charge in [-0.3, -0.25) is 0 Å². The largest absolute Gasteiger partial charge is 0.354 e. The van der Waals surface area contributed by atoms with Crippen molar-refractivity contribution in [2.45, 2.75) is 0 Å². The van der Waals surface area contributed by atoms with E-state index in [2.05, 4.69) is 57.3 Å². The van der Waals surface area contributed by atoms with Gasteiger partial charge in [0, 0.05) is 30.0 Å². The van der Waals surface area contributed by atoms with Gasteiger partial charge in [0.25, 0.3) is 0 Å². The Bertz CT molecular complexity index is 783. The molecule has 4 rings (SSSR count). The number of benzene rings is 2. The van der Waals surface area contributed by atoms with Gasteiger partial charge in [-0.25, -0.2) is 9.97 Å². The zero-order valence-corrected chi connectivity index (χ0v) is 13.1. The van der Waals surface area contributed by atoms with Crippen LogP contribution < -0.4 is 4.90 Å². The molecule has 1 aliphatic heterocycles. The van der Waals surface area contributed by atoms with Crippen molar-refractivity contribution in [2.75, 3.05) is 29.5 Å².